The second-order valence-electron chi connectivity index (χ2n) is 13.3. The number of allylic oxidation sites excluding steroid dienone is 2. The summed E-state index contributed by atoms with van der Waals surface area (Å²) in [5.74, 6) is 2.41. The van der Waals surface area contributed by atoms with E-state index < -0.39 is 46.5 Å². The number of oxime groups is 1. The number of esters is 1. The summed E-state index contributed by atoms with van der Waals surface area (Å²) in [4.78, 5) is 40.8. The van der Waals surface area contributed by atoms with Gasteiger partial charge >= 0.3 is 11.7 Å². The number of hydrogen-bond donors (Lipinski definition) is 3. The summed E-state index contributed by atoms with van der Waals surface area (Å²) in [5, 5.41) is 38.9. The van der Waals surface area contributed by atoms with Crippen LogP contribution in [-0.4, -0.2) is 58.1 Å². The van der Waals surface area contributed by atoms with Crippen molar-refractivity contribution in [3.63, 3.8) is 0 Å². The Labute approximate surface area is 257 Å². The molecule has 3 N–H and O–H groups in total. The van der Waals surface area contributed by atoms with Gasteiger partial charge in [-0.1, -0.05) is 36.6 Å². The van der Waals surface area contributed by atoms with Gasteiger partial charge < -0.3 is 25.1 Å². The SMILES string of the molecule is C#C[C@@]1(O)CC[C@@H]2[C@@H]3CCC4=C/C(=N/OCC(=O)N[C@H](Cc5ccc(O)c([N+](=O)[O-])c5)C(=O)OC)CC[C@]4(C)[C@@H]3CC[C@@]21C. The molecule has 0 bridgehead atoms. The Hall–Kier alpha value is -3.91. The van der Waals surface area contributed by atoms with Crippen molar-refractivity contribution in [3.05, 3.63) is 45.5 Å². The molecule has 4 aliphatic rings. The van der Waals surface area contributed by atoms with Gasteiger partial charge in [0.1, 0.15) is 11.6 Å². The number of fused-ring (bicyclic) bond motifs is 5. The first-order chi connectivity index (χ1) is 20.8. The number of rotatable bonds is 8. The van der Waals surface area contributed by atoms with Crippen LogP contribution in [0.4, 0.5) is 5.69 Å². The van der Waals surface area contributed by atoms with Crippen LogP contribution in [0.25, 0.3) is 0 Å². The number of aromatic hydroxyl groups is 1. The molecule has 1 amide bonds. The van der Waals surface area contributed by atoms with Gasteiger partial charge in [0.15, 0.2) is 12.4 Å². The van der Waals surface area contributed by atoms with Gasteiger partial charge in [-0.15, -0.1) is 6.42 Å². The standard InChI is InChI=1S/C33H41N3O8/c1-5-33(40)15-12-25-23-8-7-21-18-22(10-13-31(21,2)24(23)11-14-32(25,33)3)35-44-19-29(38)34-26(30(39)43-4)16-20-6-9-28(37)27(17-20)36(41)42/h1,6,9,17-18,23-26,37,40H,7-8,10-16,19H2,2-4H3,(H,34,38)/b35-22+/t23-,24-,25-,26-,31+,32+,33-/m1/s1. The molecule has 236 valence electrons. The predicted molar refractivity (Wildman–Crippen MR) is 161 cm³/mol. The number of amides is 1. The molecule has 11 heteroatoms. The van der Waals surface area contributed by atoms with Crippen molar-refractivity contribution in [3.8, 4) is 18.1 Å². The predicted octanol–water partition coefficient (Wildman–Crippen LogP) is 4.20. The Morgan fingerprint density at radius 3 is 2.66 bits per heavy atom. The number of nitrogens with one attached hydrogen (secondary N) is 1. The van der Waals surface area contributed by atoms with Crippen LogP contribution in [0, 0.1) is 51.0 Å². The van der Waals surface area contributed by atoms with Crippen molar-refractivity contribution < 1.29 is 34.3 Å². The van der Waals surface area contributed by atoms with Gasteiger partial charge in [0, 0.05) is 17.9 Å². The molecule has 0 saturated heterocycles. The molecule has 1 aromatic carbocycles. The summed E-state index contributed by atoms with van der Waals surface area (Å²) in [6.07, 6.45) is 15.1. The fourth-order valence-corrected chi connectivity index (χ4v) is 8.72. The second kappa shape index (κ2) is 11.9. The molecule has 0 aliphatic heterocycles. The highest BCUT2D eigenvalue weighted by atomic mass is 16.6. The normalized spacial score (nSPS) is 33.9. The van der Waals surface area contributed by atoms with Crippen molar-refractivity contribution in [2.24, 2.45) is 33.7 Å². The average Bonchev–Trinajstić information content (AvgIpc) is 3.27. The minimum atomic E-state index is -1.12. The molecule has 0 radical (unpaired) electrons. The molecule has 0 aromatic heterocycles. The van der Waals surface area contributed by atoms with Gasteiger partial charge in [-0.2, -0.15) is 0 Å². The number of ether oxygens (including phenoxy) is 1. The Balaban J connectivity index is 1.20. The number of terminal acetylenes is 1. The molecular weight excluding hydrogens is 566 g/mol. The number of nitro groups is 1. The average molecular weight is 608 g/mol. The van der Waals surface area contributed by atoms with E-state index in [1.165, 1.54) is 18.7 Å². The first-order valence-corrected chi connectivity index (χ1v) is 15.3. The quantitative estimate of drug-likeness (QED) is 0.172. The van der Waals surface area contributed by atoms with Crippen LogP contribution >= 0.6 is 0 Å². The van der Waals surface area contributed by atoms with Gasteiger partial charge in [-0.3, -0.25) is 14.9 Å². The Morgan fingerprint density at radius 2 is 1.95 bits per heavy atom. The summed E-state index contributed by atoms with van der Waals surface area (Å²) < 4.78 is 4.79. The van der Waals surface area contributed by atoms with Crippen LogP contribution < -0.4 is 5.32 Å². The lowest BCUT2D eigenvalue weighted by atomic mass is 9.46. The highest BCUT2D eigenvalue weighted by Gasteiger charge is 2.63. The largest absolute Gasteiger partial charge is 0.502 e. The molecule has 44 heavy (non-hydrogen) atoms. The lowest BCUT2D eigenvalue weighted by Gasteiger charge is -2.58. The molecule has 5 rings (SSSR count). The van der Waals surface area contributed by atoms with Gasteiger partial charge in [0.2, 0.25) is 0 Å². The Bertz CT molecular complexity index is 1450. The number of carbonyl (C=O) groups is 2. The Morgan fingerprint density at radius 1 is 1.20 bits per heavy atom. The number of carbonyl (C=O) groups excluding carboxylic acids is 2. The third-order valence-corrected chi connectivity index (χ3v) is 11.2. The maximum Gasteiger partial charge on any atom is 0.328 e. The third kappa shape index (κ3) is 5.45. The number of methoxy groups -OCH3 is 1. The number of phenols is 1. The molecular formula is C33H41N3O8. The minimum Gasteiger partial charge on any atom is -0.502 e. The molecule has 7 atom stereocenters. The molecule has 11 nitrogen and oxygen atoms in total. The van der Waals surface area contributed by atoms with Crippen molar-refractivity contribution in [1.82, 2.24) is 5.32 Å². The molecule has 1 aromatic rings. The molecule has 3 saturated carbocycles. The minimum absolute atomic E-state index is 0.0501. The zero-order chi connectivity index (χ0) is 31.9. The summed E-state index contributed by atoms with van der Waals surface area (Å²) in [5.41, 5.74) is 0.796. The van der Waals surface area contributed by atoms with E-state index in [0.717, 1.165) is 56.4 Å². The van der Waals surface area contributed by atoms with E-state index in [1.807, 2.05) is 0 Å². The summed E-state index contributed by atoms with van der Waals surface area (Å²) in [6.45, 7) is 4.14. The monoisotopic (exact) mass is 607 g/mol. The van der Waals surface area contributed by atoms with E-state index in [2.05, 4.69) is 36.3 Å². The van der Waals surface area contributed by atoms with Crippen LogP contribution in [0.5, 0.6) is 5.75 Å². The van der Waals surface area contributed by atoms with Crippen molar-refractivity contribution in [2.45, 2.75) is 83.3 Å². The van der Waals surface area contributed by atoms with E-state index >= 15 is 0 Å². The van der Waals surface area contributed by atoms with Gasteiger partial charge in [0.25, 0.3) is 5.91 Å². The first-order valence-electron chi connectivity index (χ1n) is 15.3. The number of nitro benzene ring substituents is 1. The van der Waals surface area contributed by atoms with Gasteiger partial charge in [-0.05, 0) is 92.2 Å². The number of hydrogen-bond acceptors (Lipinski definition) is 9. The lowest BCUT2D eigenvalue weighted by molar-refractivity contribution is -0.385. The summed E-state index contributed by atoms with van der Waals surface area (Å²) in [7, 11) is 1.18. The summed E-state index contributed by atoms with van der Waals surface area (Å²) >= 11 is 0. The van der Waals surface area contributed by atoms with E-state index in [-0.39, 0.29) is 17.3 Å². The van der Waals surface area contributed by atoms with E-state index in [1.54, 1.807) is 0 Å². The molecule has 4 aliphatic carbocycles. The summed E-state index contributed by atoms with van der Waals surface area (Å²) in [6, 6.07) is 2.63. The number of benzene rings is 1. The zero-order valence-corrected chi connectivity index (χ0v) is 25.5. The van der Waals surface area contributed by atoms with Gasteiger partial charge in [-0.25, -0.2) is 4.79 Å². The van der Waals surface area contributed by atoms with E-state index in [9.17, 15) is 29.9 Å². The smallest absolute Gasteiger partial charge is 0.328 e. The van der Waals surface area contributed by atoms with Crippen molar-refractivity contribution in [2.75, 3.05) is 13.7 Å². The van der Waals surface area contributed by atoms with Crippen LogP contribution in [0.2, 0.25) is 0 Å². The fraction of sp³-hybridized carbons (Fsp3) is 0.606. The molecule has 0 spiro atoms. The first kappa shape index (κ1) is 31.5. The zero-order valence-electron chi connectivity index (χ0n) is 25.5. The maximum absolute atomic E-state index is 12.6. The van der Waals surface area contributed by atoms with Gasteiger partial charge in [0.05, 0.1) is 17.7 Å². The molecule has 3 fully saturated rings. The van der Waals surface area contributed by atoms with Crippen molar-refractivity contribution in [1.29, 1.82) is 0 Å². The molecule has 0 heterocycles. The number of phenolic OH excluding ortho intramolecular Hbond substituents is 1. The van der Waals surface area contributed by atoms with Crippen LogP contribution in [0.15, 0.2) is 35.0 Å². The number of aliphatic hydroxyl groups is 1. The third-order valence-electron chi connectivity index (χ3n) is 11.2. The highest BCUT2D eigenvalue weighted by Crippen LogP contribution is 2.67. The lowest BCUT2D eigenvalue weighted by Crippen LogP contribution is -2.54. The van der Waals surface area contributed by atoms with E-state index in [4.69, 9.17) is 16.0 Å². The number of nitrogens with zero attached hydrogens (tertiary/aromatic N) is 2. The highest BCUT2D eigenvalue weighted by molar-refractivity contribution is 5.96. The molecule has 0 unspecified atom stereocenters. The van der Waals surface area contributed by atoms with E-state index in [0.29, 0.717) is 36.2 Å². The van der Waals surface area contributed by atoms with Crippen LogP contribution in [-0.2, 0) is 25.6 Å². The van der Waals surface area contributed by atoms with Crippen LogP contribution in [0.3, 0.4) is 0 Å². The topological polar surface area (TPSA) is 161 Å². The fourth-order valence-electron chi connectivity index (χ4n) is 8.72. The van der Waals surface area contributed by atoms with Crippen molar-refractivity contribution >= 4 is 23.3 Å². The maximum atomic E-state index is 12.6. The second-order valence-corrected chi connectivity index (χ2v) is 13.3. The Kier molecular flexibility index (Phi) is 8.51. The van der Waals surface area contributed by atoms with Crippen LogP contribution in [0.1, 0.15) is 70.8 Å².